The maximum absolute atomic E-state index is 12.9. The summed E-state index contributed by atoms with van der Waals surface area (Å²) in [5, 5.41) is 8.70. The third kappa shape index (κ3) is 4.11. The van der Waals surface area contributed by atoms with Crippen LogP contribution in [0.3, 0.4) is 0 Å². The minimum Gasteiger partial charge on any atom is -0.491 e. The smallest absolute Gasteiger partial charge is 0.232 e. The number of rotatable bonds is 7. The van der Waals surface area contributed by atoms with Crippen LogP contribution in [0, 0.1) is 5.82 Å². The highest BCUT2D eigenvalue weighted by molar-refractivity contribution is 5.55. The molecule has 124 valence electrons. The summed E-state index contributed by atoms with van der Waals surface area (Å²) in [4.78, 5) is 4.15. The van der Waals surface area contributed by atoms with Crippen LogP contribution >= 0.6 is 0 Å². The van der Waals surface area contributed by atoms with Gasteiger partial charge in [0.25, 0.3) is 0 Å². The van der Waals surface area contributed by atoms with Gasteiger partial charge in [-0.05, 0) is 48.5 Å². The largest absolute Gasteiger partial charge is 0.491 e. The number of oxazole rings is 1. The van der Waals surface area contributed by atoms with Crippen LogP contribution in [0.2, 0.25) is 0 Å². The van der Waals surface area contributed by atoms with Crippen LogP contribution in [0.1, 0.15) is 5.89 Å². The number of halogens is 1. The summed E-state index contributed by atoms with van der Waals surface area (Å²) in [6.45, 7) is 0.402. The van der Waals surface area contributed by atoms with Crippen molar-refractivity contribution in [2.75, 3.05) is 13.2 Å². The van der Waals surface area contributed by atoms with Gasteiger partial charge in [0.15, 0.2) is 12.4 Å². The van der Waals surface area contributed by atoms with Crippen molar-refractivity contribution in [3.63, 3.8) is 0 Å². The first-order chi connectivity index (χ1) is 11.7. The van der Waals surface area contributed by atoms with Gasteiger partial charge in [0.1, 0.15) is 23.9 Å². The standard InChI is InChI=1S/C18H16FNO4/c19-14-3-1-13(2-4-14)17-11-20-18(24-17)12-23-16-7-5-15(6-8-16)22-10-9-21/h1-8,11,21H,9-10,12H2. The van der Waals surface area contributed by atoms with E-state index in [4.69, 9.17) is 19.0 Å². The molecule has 1 N–H and O–H groups in total. The minimum absolute atomic E-state index is 0.0290. The summed E-state index contributed by atoms with van der Waals surface area (Å²) in [7, 11) is 0. The molecular weight excluding hydrogens is 313 g/mol. The summed E-state index contributed by atoms with van der Waals surface area (Å²) >= 11 is 0. The molecule has 0 saturated carbocycles. The number of hydrogen-bond donors (Lipinski definition) is 1. The summed E-state index contributed by atoms with van der Waals surface area (Å²) in [6.07, 6.45) is 1.58. The summed E-state index contributed by atoms with van der Waals surface area (Å²) in [5.41, 5.74) is 0.750. The van der Waals surface area contributed by atoms with Crippen molar-refractivity contribution >= 4 is 0 Å². The van der Waals surface area contributed by atoms with Crippen LogP contribution in [0.5, 0.6) is 11.5 Å². The summed E-state index contributed by atoms with van der Waals surface area (Å²) in [6, 6.07) is 13.0. The first kappa shape index (κ1) is 16.0. The van der Waals surface area contributed by atoms with E-state index in [0.717, 1.165) is 5.56 Å². The molecule has 0 amide bonds. The minimum atomic E-state index is -0.298. The monoisotopic (exact) mass is 329 g/mol. The predicted octanol–water partition coefficient (Wildman–Crippen LogP) is 3.43. The van der Waals surface area contributed by atoms with E-state index < -0.39 is 0 Å². The Hall–Kier alpha value is -2.86. The van der Waals surface area contributed by atoms with Gasteiger partial charge in [-0.15, -0.1) is 0 Å². The summed E-state index contributed by atoms with van der Waals surface area (Å²) in [5.74, 6) is 1.99. The third-order valence-corrected chi connectivity index (χ3v) is 3.23. The molecule has 1 aromatic heterocycles. The SMILES string of the molecule is OCCOc1ccc(OCc2ncc(-c3ccc(F)cc3)o2)cc1. The molecule has 0 radical (unpaired) electrons. The fourth-order valence-electron chi connectivity index (χ4n) is 2.07. The first-order valence-corrected chi connectivity index (χ1v) is 7.42. The Labute approximate surface area is 138 Å². The Morgan fingerprint density at radius 2 is 1.62 bits per heavy atom. The van der Waals surface area contributed by atoms with Crippen LogP contribution in [-0.2, 0) is 6.61 Å². The van der Waals surface area contributed by atoms with E-state index in [0.29, 0.717) is 23.1 Å². The van der Waals surface area contributed by atoms with Gasteiger partial charge in [-0.2, -0.15) is 0 Å². The Kier molecular flexibility index (Phi) is 5.08. The molecule has 0 saturated heterocycles. The molecule has 2 aromatic carbocycles. The van der Waals surface area contributed by atoms with Gasteiger partial charge in [-0.1, -0.05) is 0 Å². The van der Waals surface area contributed by atoms with Gasteiger partial charge < -0.3 is 19.0 Å². The van der Waals surface area contributed by atoms with Crippen LogP contribution in [0.25, 0.3) is 11.3 Å². The first-order valence-electron chi connectivity index (χ1n) is 7.42. The van der Waals surface area contributed by atoms with Crippen molar-refractivity contribution in [3.8, 4) is 22.8 Å². The molecule has 1 heterocycles. The molecule has 5 nitrogen and oxygen atoms in total. The molecule has 3 aromatic rings. The molecular formula is C18H16FNO4. The highest BCUT2D eigenvalue weighted by Gasteiger charge is 2.07. The number of hydrogen-bond acceptors (Lipinski definition) is 5. The quantitative estimate of drug-likeness (QED) is 0.719. The predicted molar refractivity (Wildman–Crippen MR) is 85.3 cm³/mol. The van der Waals surface area contributed by atoms with Crippen molar-refractivity contribution < 1.29 is 23.4 Å². The van der Waals surface area contributed by atoms with Crippen molar-refractivity contribution in [3.05, 3.63) is 66.4 Å². The van der Waals surface area contributed by atoms with Crippen LogP contribution in [0.15, 0.2) is 59.1 Å². The van der Waals surface area contributed by atoms with Crippen LogP contribution in [-0.4, -0.2) is 23.3 Å². The van der Waals surface area contributed by atoms with Crippen molar-refractivity contribution in [2.24, 2.45) is 0 Å². The number of benzene rings is 2. The van der Waals surface area contributed by atoms with E-state index in [9.17, 15) is 4.39 Å². The average molecular weight is 329 g/mol. The molecule has 0 atom stereocenters. The number of aliphatic hydroxyl groups is 1. The van der Waals surface area contributed by atoms with E-state index in [1.54, 1.807) is 42.6 Å². The van der Waals surface area contributed by atoms with E-state index in [1.165, 1.54) is 12.1 Å². The Balaban J connectivity index is 1.58. The number of aromatic nitrogens is 1. The van der Waals surface area contributed by atoms with Gasteiger partial charge in [0.05, 0.1) is 12.8 Å². The van der Waals surface area contributed by atoms with Gasteiger partial charge in [-0.25, -0.2) is 9.37 Å². The highest BCUT2D eigenvalue weighted by atomic mass is 19.1. The lowest BCUT2D eigenvalue weighted by molar-refractivity contribution is 0.201. The van der Waals surface area contributed by atoms with Gasteiger partial charge in [0, 0.05) is 5.56 Å². The molecule has 0 fully saturated rings. The van der Waals surface area contributed by atoms with Crippen molar-refractivity contribution in [1.29, 1.82) is 0 Å². The second kappa shape index (κ2) is 7.61. The topological polar surface area (TPSA) is 64.7 Å². The van der Waals surface area contributed by atoms with Gasteiger partial charge >= 0.3 is 0 Å². The van der Waals surface area contributed by atoms with Gasteiger partial charge in [-0.3, -0.25) is 0 Å². The van der Waals surface area contributed by atoms with Crippen molar-refractivity contribution in [2.45, 2.75) is 6.61 Å². The normalized spacial score (nSPS) is 10.6. The second-order valence-electron chi connectivity index (χ2n) is 4.96. The molecule has 0 aliphatic carbocycles. The van der Waals surface area contributed by atoms with Gasteiger partial charge in [0.2, 0.25) is 5.89 Å². The maximum Gasteiger partial charge on any atom is 0.232 e. The zero-order valence-corrected chi connectivity index (χ0v) is 12.8. The zero-order valence-electron chi connectivity index (χ0n) is 12.8. The zero-order chi connectivity index (χ0) is 16.8. The van der Waals surface area contributed by atoms with E-state index in [2.05, 4.69) is 4.98 Å². The number of aliphatic hydroxyl groups excluding tert-OH is 1. The number of ether oxygens (including phenoxy) is 2. The molecule has 3 rings (SSSR count). The highest BCUT2D eigenvalue weighted by Crippen LogP contribution is 2.22. The average Bonchev–Trinajstić information content (AvgIpc) is 3.09. The molecule has 0 aliphatic heterocycles. The lowest BCUT2D eigenvalue weighted by atomic mass is 10.2. The Bertz CT molecular complexity index is 768. The third-order valence-electron chi connectivity index (χ3n) is 3.23. The van der Waals surface area contributed by atoms with E-state index in [1.807, 2.05) is 0 Å². The lowest BCUT2D eigenvalue weighted by Gasteiger charge is -2.06. The number of nitrogens with zero attached hydrogens (tertiary/aromatic N) is 1. The lowest BCUT2D eigenvalue weighted by Crippen LogP contribution is -2.01. The van der Waals surface area contributed by atoms with Crippen LogP contribution < -0.4 is 9.47 Å². The molecule has 24 heavy (non-hydrogen) atoms. The Morgan fingerprint density at radius 1 is 0.958 bits per heavy atom. The molecule has 0 unspecified atom stereocenters. The van der Waals surface area contributed by atoms with E-state index >= 15 is 0 Å². The molecule has 0 aliphatic rings. The van der Waals surface area contributed by atoms with Crippen molar-refractivity contribution in [1.82, 2.24) is 4.98 Å². The molecule has 6 heteroatoms. The molecule has 0 spiro atoms. The fourth-order valence-corrected chi connectivity index (χ4v) is 2.07. The summed E-state index contributed by atoms with van der Waals surface area (Å²) < 4.78 is 29.4. The fraction of sp³-hybridized carbons (Fsp3) is 0.167. The Morgan fingerprint density at radius 3 is 2.29 bits per heavy atom. The maximum atomic E-state index is 12.9. The second-order valence-corrected chi connectivity index (χ2v) is 4.96. The van der Waals surface area contributed by atoms with E-state index in [-0.39, 0.29) is 25.6 Å². The van der Waals surface area contributed by atoms with Crippen LogP contribution in [0.4, 0.5) is 4.39 Å². The molecule has 0 bridgehead atoms.